The van der Waals surface area contributed by atoms with E-state index in [1.165, 1.54) is 6.08 Å². The van der Waals surface area contributed by atoms with Gasteiger partial charge in [-0.2, -0.15) is 0 Å². The number of carbonyl (C=O) groups is 2. The number of anilines is 1. The zero-order chi connectivity index (χ0) is 17.3. The van der Waals surface area contributed by atoms with Crippen molar-refractivity contribution in [1.82, 2.24) is 14.5 Å². The van der Waals surface area contributed by atoms with E-state index in [0.717, 1.165) is 34.7 Å². The average Bonchev–Trinajstić information content (AvgIpc) is 3.06. The lowest BCUT2D eigenvalue weighted by Gasteiger charge is -2.13. The molecule has 2 heterocycles. The molecule has 2 aromatic rings. The summed E-state index contributed by atoms with van der Waals surface area (Å²) in [6, 6.07) is 5.69. The van der Waals surface area contributed by atoms with E-state index in [2.05, 4.69) is 28.7 Å². The molecule has 0 saturated heterocycles. The lowest BCUT2D eigenvalue weighted by Crippen LogP contribution is -2.34. The van der Waals surface area contributed by atoms with Crippen molar-refractivity contribution in [3.8, 4) is 0 Å². The standard InChI is InChI=1S/C17H20N4O3/c1-3-15-19-12-9-11(5-6-14(12)20(15)4-2)18-13-10-16(23)21(7-8-22)17(13)24/h5-6,9-10,18,22H,3-4,7-8H2,1-2H3. The van der Waals surface area contributed by atoms with Gasteiger partial charge in [-0.25, -0.2) is 4.98 Å². The molecule has 7 nitrogen and oxygen atoms in total. The lowest BCUT2D eigenvalue weighted by atomic mass is 10.2. The van der Waals surface area contributed by atoms with Crippen LogP contribution in [-0.4, -0.2) is 44.5 Å². The van der Waals surface area contributed by atoms with Gasteiger partial charge in [0, 0.05) is 24.7 Å². The Balaban J connectivity index is 1.87. The highest BCUT2D eigenvalue weighted by Gasteiger charge is 2.30. The summed E-state index contributed by atoms with van der Waals surface area (Å²) in [5.41, 5.74) is 2.80. The van der Waals surface area contributed by atoms with E-state index in [4.69, 9.17) is 5.11 Å². The van der Waals surface area contributed by atoms with E-state index in [0.29, 0.717) is 5.69 Å². The van der Waals surface area contributed by atoms with E-state index in [1.807, 2.05) is 18.2 Å². The highest BCUT2D eigenvalue weighted by atomic mass is 16.3. The number of aryl methyl sites for hydroxylation is 2. The van der Waals surface area contributed by atoms with Crippen LogP contribution in [0.2, 0.25) is 0 Å². The Kier molecular flexibility index (Phi) is 4.35. The molecule has 0 saturated carbocycles. The van der Waals surface area contributed by atoms with Crippen LogP contribution in [0.4, 0.5) is 5.69 Å². The molecule has 1 aromatic carbocycles. The molecule has 7 heteroatoms. The van der Waals surface area contributed by atoms with Crippen molar-refractivity contribution in [2.24, 2.45) is 0 Å². The predicted molar refractivity (Wildman–Crippen MR) is 90.3 cm³/mol. The summed E-state index contributed by atoms with van der Waals surface area (Å²) in [5.74, 6) is 0.175. The fraction of sp³-hybridized carbons (Fsp3) is 0.353. The van der Waals surface area contributed by atoms with Gasteiger partial charge < -0.3 is 15.0 Å². The van der Waals surface area contributed by atoms with Crippen LogP contribution in [0, 0.1) is 0 Å². The van der Waals surface area contributed by atoms with Crippen LogP contribution >= 0.6 is 0 Å². The van der Waals surface area contributed by atoms with Gasteiger partial charge in [-0.3, -0.25) is 14.5 Å². The minimum absolute atomic E-state index is 0.000845. The van der Waals surface area contributed by atoms with Crippen molar-refractivity contribution in [1.29, 1.82) is 0 Å². The number of fused-ring (bicyclic) bond motifs is 1. The van der Waals surface area contributed by atoms with Crippen molar-refractivity contribution >= 4 is 28.5 Å². The number of aliphatic hydroxyl groups is 1. The third-order valence-corrected chi connectivity index (χ3v) is 4.07. The van der Waals surface area contributed by atoms with Gasteiger partial charge in [0.15, 0.2) is 0 Å². The second-order valence-corrected chi connectivity index (χ2v) is 5.53. The third kappa shape index (κ3) is 2.67. The van der Waals surface area contributed by atoms with Crippen LogP contribution in [0.25, 0.3) is 11.0 Å². The number of β-amino-alcohol motifs (C(OH)–C–C–N with tert-alkyl or cyclic N) is 1. The predicted octanol–water partition coefficient (Wildman–Crippen LogP) is 1.28. The largest absolute Gasteiger partial charge is 0.395 e. The number of imidazole rings is 1. The van der Waals surface area contributed by atoms with Gasteiger partial charge in [-0.05, 0) is 25.1 Å². The smallest absolute Gasteiger partial charge is 0.277 e. The third-order valence-electron chi connectivity index (χ3n) is 4.07. The van der Waals surface area contributed by atoms with Crippen LogP contribution in [0.1, 0.15) is 19.7 Å². The summed E-state index contributed by atoms with van der Waals surface area (Å²) in [6.45, 7) is 4.74. The number of hydrogen-bond donors (Lipinski definition) is 2. The molecule has 1 aliphatic heterocycles. The SMILES string of the molecule is CCc1nc2cc(NC3=CC(=O)N(CCO)C3=O)ccc2n1CC. The normalized spacial score (nSPS) is 14.6. The molecule has 0 bridgehead atoms. The number of aliphatic hydroxyl groups excluding tert-OH is 1. The van der Waals surface area contributed by atoms with Gasteiger partial charge in [0.2, 0.25) is 0 Å². The van der Waals surface area contributed by atoms with Crippen molar-refractivity contribution in [2.75, 3.05) is 18.5 Å². The van der Waals surface area contributed by atoms with E-state index in [1.54, 1.807) is 0 Å². The fourth-order valence-electron chi connectivity index (χ4n) is 2.95. The number of hydrogen-bond acceptors (Lipinski definition) is 5. The second-order valence-electron chi connectivity index (χ2n) is 5.53. The number of aromatic nitrogens is 2. The molecular weight excluding hydrogens is 308 g/mol. The maximum atomic E-state index is 12.2. The van der Waals surface area contributed by atoms with E-state index >= 15 is 0 Å². The van der Waals surface area contributed by atoms with Gasteiger partial charge in [0.25, 0.3) is 11.8 Å². The maximum absolute atomic E-state index is 12.2. The summed E-state index contributed by atoms with van der Waals surface area (Å²) in [6.07, 6.45) is 2.10. The molecular formula is C17H20N4O3. The molecule has 0 fully saturated rings. The summed E-state index contributed by atoms with van der Waals surface area (Å²) in [5, 5.41) is 11.9. The van der Waals surface area contributed by atoms with Crippen molar-refractivity contribution in [3.05, 3.63) is 35.8 Å². The number of amides is 2. The average molecular weight is 328 g/mol. The number of rotatable bonds is 6. The van der Waals surface area contributed by atoms with Crippen LogP contribution in [0.15, 0.2) is 30.0 Å². The van der Waals surface area contributed by atoms with Crippen molar-refractivity contribution in [2.45, 2.75) is 26.8 Å². The van der Waals surface area contributed by atoms with Crippen molar-refractivity contribution in [3.63, 3.8) is 0 Å². The number of nitrogens with one attached hydrogen (secondary N) is 1. The van der Waals surface area contributed by atoms with Crippen molar-refractivity contribution < 1.29 is 14.7 Å². The summed E-state index contributed by atoms with van der Waals surface area (Å²) in [7, 11) is 0. The molecule has 2 N–H and O–H groups in total. The molecule has 0 aliphatic carbocycles. The molecule has 1 aliphatic rings. The molecule has 2 amide bonds. The van der Waals surface area contributed by atoms with E-state index < -0.39 is 11.8 Å². The Labute approximate surface area is 139 Å². The first-order valence-electron chi connectivity index (χ1n) is 8.03. The minimum atomic E-state index is -0.428. The highest BCUT2D eigenvalue weighted by Crippen LogP contribution is 2.23. The molecule has 3 rings (SSSR count). The topological polar surface area (TPSA) is 87.5 Å². The molecule has 0 radical (unpaired) electrons. The first kappa shape index (κ1) is 16.2. The second kappa shape index (κ2) is 6.45. The van der Waals surface area contributed by atoms with Gasteiger partial charge in [-0.15, -0.1) is 0 Å². The first-order valence-corrected chi connectivity index (χ1v) is 8.03. The Morgan fingerprint density at radius 1 is 1.25 bits per heavy atom. The maximum Gasteiger partial charge on any atom is 0.277 e. The zero-order valence-corrected chi connectivity index (χ0v) is 13.7. The van der Waals surface area contributed by atoms with Crippen LogP contribution in [-0.2, 0) is 22.6 Å². The monoisotopic (exact) mass is 328 g/mol. The summed E-state index contributed by atoms with van der Waals surface area (Å²) < 4.78 is 2.16. The van der Waals surface area contributed by atoms with Crippen LogP contribution < -0.4 is 5.32 Å². The number of benzene rings is 1. The number of carbonyl (C=O) groups excluding carboxylic acids is 2. The first-order chi connectivity index (χ1) is 11.6. The van der Waals surface area contributed by atoms with Gasteiger partial charge in [-0.1, -0.05) is 6.92 Å². The zero-order valence-electron chi connectivity index (χ0n) is 13.7. The van der Waals surface area contributed by atoms with E-state index in [9.17, 15) is 9.59 Å². The Morgan fingerprint density at radius 3 is 2.71 bits per heavy atom. The molecule has 24 heavy (non-hydrogen) atoms. The van der Waals surface area contributed by atoms with Crippen LogP contribution in [0.3, 0.4) is 0 Å². The lowest BCUT2D eigenvalue weighted by molar-refractivity contribution is -0.137. The highest BCUT2D eigenvalue weighted by molar-refractivity contribution is 6.17. The Hall–Kier alpha value is -2.67. The Morgan fingerprint density at radius 2 is 2.04 bits per heavy atom. The molecule has 0 unspecified atom stereocenters. The van der Waals surface area contributed by atoms with Gasteiger partial charge in [0.1, 0.15) is 11.5 Å². The minimum Gasteiger partial charge on any atom is -0.395 e. The molecule has 0 spiro atoms. The molecule has 0 atom stereocenters. The number of imide groups is 1. The molecule has 126 valence electrons. The van der Waals surface area contributed by atoms with Gasteiger partial charge in [0.05, 0.1) is 24.2 Å². The Bertz CT molecular complexity index is 838. The molecule has 1 aromatic heterocycles. The quantitative estimate of drug-likeness (QED) is 0.780. The summed E-state index contributed by atoms with van der Waals surface area (Å²) >= 11 is 0. The van der Waals surface area contributed by atoms with E-state index in [-0.39, 0.29) is 18.8 Å². The van der Waals surface area contributed by atoms with Crippen LogP contribution in [0.5, 0.6) is 0 Å². The summed E-state index contributed by atoms with van der Waals surface area (Å²) in [4.78, 5) is 29.6. The fourth-order valence-corrected chi connectivity index (χ4v) is 2.95. The van der Waals surface area contributed by atoms with Gasteiger partial charge >= 0.3 is 0 Å². The number of nitrogens with zero attached hydrogens (tertiary/aromatic N) is 3.